The molecule has 0 aromatic heterocycles. The highest BCUT2D eigenvalue weighted by molar-refractivity contribution is 5.85. The SMILES string of the molecule is CC1(C(=O)O)CNCC1(F)F.Cl. The first kappa shape index (κ1) is 11.6. The van der Waals surface area contributed by atoms with Gasteiger partial charge in [-0.1, -0.05) is 0 Å². The van der Waals surface area contributed by atoms with Gasteiger partial charge in [0.25, 0.3) is 5.92 Å². The smallest absolute Gasteiger partial charge is 0.316 e. The van der Waals surface area contributed by atoms with Crippen LogP contribution in [0.1, 0.15) is 6.92 Å². The Balaban J connectivity index is 0.00000121. The molecule has 0 aromatic rings. The van der Waals surface area contributed by atoms with Crippen molar-refractivity contribution in [3.63, 3.8) is 0 Å². The normalized spacial score (nSPS) is 32.6. The molecule has 1 rings (SSSR count). The standard InChI is InChI=1S/C6H9F2NO2.ClH/c1-5(4(10)11)2-9-3-6(5,7)8;/h9H,2-3H2,1H3,(H,10,11);1H. The summed E-state index contributed by atoms with van der Waals surface area (Å²) in [6.45, 7) is 0.334. The van der Waals surface area contributed by atoms with E-state index in [1.807, 2.05) is 0 Å². The van der Waals surface area contributed by atoms with E-state index >= 15 is 0 Å². The van der Waals surface area contributed by atoms with E-state index in [9.17, 15) is 13.6 Å². The average Bonchev–Trinajstić information content (AvgIpc) is 2.09. The molecule has 1 aliphatic rings. The van der Waals surface area contributed by atoms with Crippen molar-refractivity contribution < 1.29 is 18.7 Å². The second-order valence-corrected chi connectivity index (χ2v) is 2.95. The topological polar surface area (TPSA) is 49.3 Å². The van der Waals surface area contributed by atoms with Gasteiger partial charge in [0.05, 0.1) is 6.54 Å². The molecule has 0 saturated carbocycles. The summed E-state index contributed by atoms with van der Waals surface area (Å²) in [5.74, 6) is -4.59. The Kier molecular flexibility index (Phi) is 3.03. The summed E-state index contributed by atoms with van der Waals surface area (Å²) < 4.78 is 25.6. The van der Waals surface area contributed by atoms with Crippen molar-refractivity contribution in [2.45, 2.75) is 12.8 Å². The van der Waals surface area contributed by atoms with E-state index in [1.54, 1.807) is 0 Å². The molecule has 0 aliphatic carbocycles. The molecule has 1 atom stereocenters. The maximum absolute atomic E-state index is 12.8. The van der Waals surface area contributed by atoms with Crippen molar-refractivity contribution in [1.82, 2.24) is 5.32 Å². The maximum Gasteiger partial charge on any atom is 0.316 e. The van der Waals surface area contributed by atoms with E-state index in [0.29, 0.717) is 0 Å². The Morgan fingerprint density at radius 2 is 2.00 bits per heavy atom. The van der Waals surface area contributed by atoms with Crippen LogP contribution in [0.15, 0.2) is 0 Å². The fourth-order valence-electron chi connectivity index (χ4n) is 1.03. The van der Waals surface area contributed by atoms with Gasteiger partial charge in [-0.05, 0) is 6.92 Å². The molecule has 0 spiro atoms. The van der Waals surface area contributed by atoms with Crippen LogP contribution in [-0.4, -0.2) is 30.1 Å². The van der Waals surface area contributed by atoms with Crippen LogP contribution < -0.4 is 5.32 Å². The van der Waals surface area contributed by atoms with Crippen LogP contribution in [0.25, 0.3) is 0 Å². The van der Waals surface area contributed by atoms with Crippen LogP contribution in [0, 0.1) is 5.41 Å². The van der Waals surface area contributed by atoms with Gasteiger partial charge in [-0.15, -0.1) is 12.4 Å². The van der Waals surface area contributed by atoms with Gasteiger partial charge >= 0.3 is 5.97 Å². The molecule has 1 aliphatic heterocycles. The highest BCUT2D eigenvalue weighted by Crippen LogP contribution is 2.39. The molecule has 72 valence electrons. The molecular weight excluding hydrogens is 192 g/mol. The summed E-state index contributed by atoms with van der Waals surface area (Å²) in [6.07, 6.45) is 0. The number of hydrogen-bond acceptors (Lipinski definition) is 2. The molecule has 0 bridgehead atoms. The zero-order chi connectivity index (χ0) is 8.70. The molecule has 1 heterocycles. The lowest BCUT2D eigenvalue weighted by atomic mass is 9.86. The second-order valence-electron chi connectivity index (χ2n) is 2.95. The van der Waals surface area contributed by atoms with Crippen molar-refractivity contribution in [3.8, 4) is 0 Å². The average molecular weight is 202 g/mol. The van der Waals surface area contributed by atoms with Gasteiger partial charge in [0, 0.05) is 6.54 Å². The van der Waals surface area contributed by atoms with Gasteiger partial charge in [-0.2, -0.15) is 0 Å². The highest BCUT2D eigenvalue weighted by atomic mass is 35.5. The first-order valence-electron chi connectivity index (χ1n) is 3.22. The van der Waals surface area contributed by atoms with Gasteiger partial charge in [0.2, 0.25) is 0 Å². The predicted molar refractivity (Wildman–Crippen MR) is 40.8 cm³/mol. The number of carboxylic acids is 1. The van der Waals surface area contributed by atoms with Crippen molar-refractivity contribution in [1.29, 1.82) is 0 Å². The van der Waals surface area contributed by atoms with Gasteiger partial charge in [0.15, 0.2) is 0 Å². The number of aliphatic carboxylic acids is 1. The summed E-state index contributed by atoms with van der Waals surface area (Å²) in [5, 5.41) is 10.8. The van der Waals surface area contributed by atoms with Gasteiger partial charge < -0.3 is 10.4 Å². The van der Waals surface area contributed by atoms with Crippen LogP contribution >= 0.6 is 12.4 Å². The summed E-state index contributed by atoms with van der Waals surface area (Å²) in [5.41, 5.74) is -1.94. The van der Waals surface area contributed by atoms with E-state index in [4.69, 9.17) is 5.11 Å². The molecule has 0 amide bonds. The first-order valence-corrected chi connectivity index (χ1v) is 3.22. The zero-order valence-electron chi connectivity index (χ0n) is 6.43. The molecule has 0 aromatic carbocycles. The second kappa shape index (κ2) is 3.14. The minimum atomic E-state index is -3.14. The number of nitrogens with one attached hydrogen (secondary N) is 1. The Hall–Kier alpha value is -0.420. The molecule has 6 heteroatoms. The molecule has 0 radical (unpaired) electrons. The number of halogens is 3. The lowest BCUT2D eigenvalue weighted by Crippen LogP contribution is -2.44. The minimum Gasteiger partial charge on any atom is -0.481 e. The monoisotopic (exact) mass is 201 g/mol. The molecule has 3 nitrogen and oxygen atoms in total. The lowest BCUT2D eigenvalue weighted by Gasteiger charge is -2.24. The van der Waals surface area contributed by atoms with Crippen LogP contribution in [0.5, 0.6) is 0 Å². The Bertz CT molecular complexity index is 200. The summed E-state index contributed by atoms with van der Waals surface area (Å²) in [7, 11) is 0. The molecule has 1 unspecified atom stereocenters. The number of rotatable bonds is 1. The lowest BCUT2D eigenvalue weighted by molar-refractivity contribution is -0.165. The van der Waals surface area contributed by atoms with Crippen LogP contribution in [-0.2, 0) is 4.79 Å². The molecule has 1 fully saturated rings. The highest BCUT2D eigenvalue weighted by Gasteiger charge is 2.59. The van der Waals surface area contributed by atoms with Gasteiger partial charge in [-0.25, -0.2) is 8.78 Å². The summed E-state index contributed by atoms with van der Waals surface area (Å²) >= 11 is 0. The maximum atomic E-state index is 12.8. The van der Waals surface area contributed by atoms with Gasteiger partial charge in [0.1, 0.15) is 5.41 Å². The fourth-order valence-corrected chi connectivity index (χ4v) is 1.03. The molecule has 12 heavy (non-hydrogen) atoms. The van der Waals surface area contributed by atoms with Crippen LogP contribution in [0.4, 0.5) is 8.78 Å². The largest absolute Gasteiger partial charge is 0.481 e. The van der Waals surface area contributed by atoms with E-state index in [2.05, 4.69) is 5.32 Å². The number of hydrogen-bond donors (Lipinski definition) is 2. The van der Waals surface area contributed by atoms with Crippen molar-refractivity contribution in [2.75, 3.05) is 13.1 Å². The number of carboxylic acid groups (broad SMARTS) is 1. The van der Waals surface area contributed by atoms with Crippen molar-refractivity contribution >= 4 is 18.4 Å². The third-order valence-corrected chi connectivity index (χ3v) is 2.10. The van der Waals surface area contributed by atoms with E-state index in [0.717, 1.165) is 6.92 Å². The van der Waals surface area contributed by atoms with Crippen molar-refractivity contribution in [2.24, 2.45) is 5.41 Å². The summed E-state index contributed by atoms with van der Waals surface area (Å²) in [4.78, 5) is 10.4. The molecule has 1 saturated heterocycles. The first-order chi connectivity index (χ1) is 4.90. The Labute approximate surface area is 74.5 Å². The van der Waals surface area contributed by atoms with E-state index in [-0.39, 0.29) is 19.0 Å². The Morgan fingerprint density at radius 1 is 1.50 bits per heavy atom. The zero-order valence-corrected chi connectivity index (χ0v) is 7.25. The number of alkyl halides is 2. The summed E-state index contributed by atoms with van der Waals surface area (Å²) in [6, 6.07) is 0. The van der Waals surface area contributed by atoms with Gasteiger partial charge in [-0.3, -0.25) is 4.79 Å². The molecular formula is C6H10ClF2NO2. The predicted octanol–water partition coefficient (Wildman–Crippen LogP) is 0.738. The van der Waals surface area contributed by atoms with E-state index in [1.165, 1.54) is 0 Å². The quantitative estimate of drug-likeness (QED) is 0.658. The fraction of sp³-hybridized carbons (Fsp3) is 0.833. The van der Waals surface area contributed by atoms with Crippen LogP contribution in [0.3, 0.4) is 0 Å². The van der Waals surface area contributed by atoms with Crippen molar-refractivity contribution in [3.05, 3.63) is 0 Å². The third-order valence-electron chi connectivity index (χ3n) is 2.10. The molecule has 2 N–H and O–H groups in total. The van der Waals surface area contributed by atoms with Crippen LogP contribution in [0.2, 0.25) is 0 Å². The number of carbonyl (C=O) groups is 1. The Morgan fingerprint density at radius 3 is 2.17 bits per heavy atom. The third kappa shape index (κ3) is 1.38. The van der Waals surface area contributed by atoms with E-state index < -0.39 is 23.9 Å². The minimum absolute atomic E-state index is 0.